The normalized spacial score (nSPS) is 16.3. The lowest BCUT2D eigenvalue weighted by molar-refractivity contribution is -0.385. The van der Waals surface area contributed by atoms with Crippen LogP contribution in [0.4, 0.5) is 16.4 Å². The Hall–Kier alpha value is -6.65. The summed E-state index contributed by atoms with van der Waals surface area (Å²) in [6, 6.07) is 27.5. The van der Waals surface area contributed by atoms with E-state index in [9.17, 15) is 24.5 Å². The van der Waals surface area contributed by atoms with Crippen LogP contribution in [-0.2, 0) is 40.3 Å². The van der Waals surface area contributed by atoms with E-state index < -0.39 is 61.2 Å². The molecule has 23 heteroatoms. The maximum absolute atomic E-state index is 13.6. The van der Waals surface area contributed by atoms with Crippen LogP contribution in [0.15, 0.2) is 102 Å². The van der Waals surface area contributed by atoms with E-state index in [0.717, 1.165) is 34.5 Å². The predicted octanol–water partition coefficient (Wildman–Crippen LogP) is 10.1. The van der Waals surface area contributed by atoms with Gasteiger partial charge in [0.2, 0.25) is 5.95 Å². The molecule has 1 saturated heterocycles. The summed E-state index contributed by atoms with van der Waals surface area (Å²) in [5, 5.41) is 14.3. The van der Waals surface area contributed by atoms with Gasteiger partial charge < -0.3 is 42.2 Å². The van der Waals surface area contributed by atoms with Gasteiger partial charge in [-0.3, -0.25) is 34.6 Å². The lowest BCUT2D eigenvalue weighted by atomic mass is 9.80. The van der Waals surface area contributed by atoms with Crippen LogP contribution in [0.1, 0.15) is 83.4 Å². The maximum atomic E-state index is 13.6. The van der Waals surface area contributed by atoms with Gasteiger partial charge in [0, 0.05) is 23.9 Å². The van der Waals surface area contributed by atoms with Gasteiger partial charge in [-0.15, -0.1) is 0 Å². The number of hydrogen-bond donors (Lipinski definition) is 2. The third-order valence-electron chi connectivity index (χ3n) is 12.4. The van der Waals surface area contributed by atoms with Crippen molar-refractivity contribution in [3.05, 3.63) is 140 Å². The molecule has 1 aliphatic heterocycles. The number of anilines is 1. The van der Waals surface area contributed by atoms with Crippen molar-refractivity contribution in [1.29, 1.82) is 0 Å². The molecule has 1 fully saturated rings. The zero-order valence-electron chi connectivity index (χ0n) is 44.3. The standard InChI is InChI=1S/C53H64N7O14PS/c1-32(2)59(33(3)4)75(72-31-76-49(62)52(5,6)7)74-43-27-45(58-30-54-46-47(58)55-50(56-48(46)61)57-51(63)70-28-34-25-41(68-10)42(69-11)26-40(34)60(64)65)73-44(43)29-71-53(35-15-13-12-14-16-35,36-17-21-38(66-8)22-18-36)37-19-23-39(67-9)24-20-37/h12-26,30,32-33,43-45H,27-29,31H2,1-11H3,(H2,55,56,57,61,63)/t43-,44+,45+,75?/m0/s1. The SMILES string of the molecule is COc1ccc(C(OC[C@H]2O[C@@H](n3cnc4c(=O)[nH]c(NC(=O)OCc5cc(OC)c(OC)cc5[N+](=O)[O-])nc43)C[C@@H]2OP(OCSC(=O)C(C)(C)C)N(C(C)C)C(C)C)(c2ccccc2)c2ccc(OC)cc2)cc1. The van der Waals surface area contributed by atoms with Gasteiger partial charge in [-0.25, -0.2) is 14.4 Å². The summed E-state index contributed by atoms with van der Waals surface area (Å²) >= 11 is 1.08. The number of rotatable bonds is 23. The van der Waals surface area contributed by atoms with Crippen molar-refractivity contribution >= 4 is 54.3 Å². The Morgan fingerprint density at radius 2 is 1.49 bits per heavy atom. The second-order valence-electron chi connectivity index (χ2n) is 19.1. The van der Waals surface area contributed by atoms with E-state index in [0.29, 0.717) is 11.5 Å². The Kier molecular flexibility index (Phi) is 18.8. The topological polar surface area (TPSA) is 239 Å². The first kappa shape index (κ1) is 57.1. The fourth-order valence-electron chi connectivity index (χ4n) is 8.66. The second-order valence-corrected chi connectivity index (χ2v) is 21.4. The van der Waals surface area contributed by atoms with Crippen molar-refractivity contribution in [3.8, 4) is 23.0 Å². The fourth-order valence-corrected chi connectivity index (χ4v) is 11.3. The van der Waals surface area contributed by atoms with Crippen LogP contribution >= 0.6 is 20.3 Å². The summed E-state index contributed by atoms with van der Waals surface area (Å²) < 4.78 is 58.8. The van der Waals surface area contributed by atoms with Crippen molar-refractivity contribution in [1.82, 2.24) is 24.2 Å². The Morgan fingerprint density at radius 3 is 2.04 bits per heavy atom. The number of fused-ring (bicyclic) bond motifs is 1. The molecule has 0 radical (unpaired) electrons. The second kappa shape index (κ2) is 25.0. The zero-order valence-corrected chi connectivity index (χ0v) is 46.0. The van der Waals surface area contributed by atoms with Crippen LogP contribution in [0.2, 0.25) is 0 Å². The van der Waals surface area contributed by atoms with Gasteiger partial charge in [0.05, 0.1) is 64.0 Å². The van der Waals surface area contributed by atoms with E-state index in [1.54, 1.807) is 18.8 Å². The van der Waals surface area contributed by atoms with Crippen LogP contribution in [0.25, 0.3) is 11.2 Å². The van der Waals surface area contributed by atoms with E-state index >= 15 is 0 Å². The van der Waals surface area contributed by atoms with Crippen LogP contribution in [-0.4, -0.2) is 106 Å². The molecule has 2 N–H and O–H groups in total. The molecule has 1 unspecified atom stereocenters. The molecule has 406 valence electrons. The Morgan fingerprint density at radius 1 is 0.895 bits per heavy atom. The number of thioether (sulfide) groups is 1. The summed E-state index contributed by atoms with van der Waals surface area (Å²) in [6.45, 7) is 13.1. The largest absolute Gasteiger partial charge is 0.497 e. The van der Waals surface area contributed by atoms with E-state index in [-0.39, 0.29) is 76.0 Å². The number of nitro benzene ring substituents is 1. The van der Waals surface area contributed by atoms with E-state index in [1.165, 1.54) is 26.6 Å². The van der Waals surface area contributed by atoms with Gasteiger partial charge in [-0.05, 0) is 74.7 Å². The number of benzene rings is 4. The van der Waals surface area contributed by atoms with Crippen LogP contribution in [0.3, 0.4) is 0 Å². The van der Waals surface area contributed by atoms with E-state index in [1.807, 2.05) is 127 Å². The Bertz CT molecular complexity index is 2950. The number of nitrogens with one attached hydrogen (secondary N) is 2. The number of nitrogens with zero attached hydrogens (tertiary/aromatic N) is 5. The number of amides is 1. The molecule has 6 aromatic rings. The van der Waals surface area contributed by atoms with Gasteiger partial charge in [-0.1, -0.05) is 87.1 Å². The lowest BCUT2D eigenvalue weighted by Gasteiger charge is -2.39. The number of H-pyrrole nitrogens is 1. The molecule has 76 heavy (non-hydrogen) atoms. The number of methoxy groups -OCH3 is 4. The molecule has 1 aliphatic rings. The highest BCUT2D eigenvalue weighted by Gasteiger charge is 2.45. The molecule has 4 aromatic carbocycles. The van der Waals surface area contributed by atoms with Crippen LogP contribution in [0.5, 0.6) is 23.0 Å². The molecular formula is C53H64N7O14PS. The first-order valence-electron chi connectivity index (χ1n) is 24.3. The molecule has 0 saturated carbocycles. The van der Waals surface area contributed by atoms with E-state index in [4.69, 9.17) is 42.2 Å². The number of hydrogen-bond acceptors (Lipinski definition) is 18. The van der Waals surface area contributed by atoms with Crippen molar-refractivity contribution in [2.75, 3.05) is 46.3 Å². The number of ether oxygens (including phenoxy) is 7. The Balaban J connectivity index is 1.26. The zero-order chi connectivity index (χ0) is 54.9. The molecule has 2 aromatic heterocycles. The van der Waals surface area contributed by atoms with E-state index in [2.05, 4.69) is 24.9 Å². The van der Waals surface area contributed by atoms with Crippen LogP contribution < -0.4 is 29.8 Å². The first-order chi connectivity index (χ1) is 36.3. The fraction of sp³-hybridized carbons (Fsp3) is 0.415. The highest BCUT2D eigenvalue weighted by molar-refractivity contribution is 8.13. The van der Waals surface area contributed by atoms with Gasteiger partial charge in [0.25, 0.3) is 19.8 Å². The molecular weight excluding hydrogens is 1020 g/mol. The lowest BCUT2D eigenvalue weighted by Crippen LogP contribution is -2.39. The smallest absolute Gasteiger partial charge is 0.414 e. The monoisotopic (exact) mass is 1090 g/mol. The summed E-state index contributed by atoms with van der Waals surface area (Å²) in [7, 11) is 4.05. The number of imidazole rings is 1. The highest BCUT2D eigenvalue weighted by atomic mass is 32.2. The van der Waals surface area contributed by atoms with Gasteiger partial charge >= 0.3 is 6.09 Å². The molecule has 7 rings (SSSR count). The average molecular weight is 1090 g/mol. The minimum absolute atomic E-state index is 0.0200. The van der Waals surface area contributed by atoms with Crippen molar-refractivity contribution in [2.24, 2.45) is 5.41 Å². The van der Waals surface area contributed by atoms with Gasteiger partial charge in [0.1, 0.15) is 42.0 Å². The summed E-state index contributed by atoms with van der Waals surface area (Å²) in [4.78, 5) is 62.8. The minimum atomic E-state index is -1.86. The third kappa shape index (κ3) is 12.9. The molecule has 1 amide bonds. The number of nitro groups is 1. The molecule has 21 nitrogen and oxygen atoms in total. The number of aromatic amines is 1. The molecule has 0 aliphatic carbocycles. The first-order valence-corrected chi connectivity index (χ1v) is 26.4. The van der Waals surface area contributed by atoms with Crippen molar-refractivity contribution in [2.45, 2.75) is 97.6 Å². The number of aromatic nitrogens is 4. The highest BCUT2D eigenvalue weighted by Crippen LogP contribution is 2.52. The van der Waals surface area contributed by atoms with Gasteiger partial charge in [-0.2, -0.15) is 4.98 Å². The minimum Gasteiger partial charge on any atom is -0.497 e. The molecule has 0 spiro atoms. The molecule has 3 heterocycles. The Labute approximate surface area is 445 Å². The summed E-state index contributed by atoms with van der Waals surface area (Å²) in [5.41, 5.74) is -0.481. The summed E-state index contributed by atoms with van der Waals surface area (Å²) in [5.74, 6) is 1.34. The number of carbonyl (C=O) groups is 2. The molecule has 4 atom stereocenters. The maximum Gasteiger partial charge on any atom is 0.414 e. The number of carbonyl (C=O) groups excluding carboxylic acids is 2. The van der Waals surface area contributed by atoms with Crippen molar-refractivity contribution in [3.63, 3.8) is 0 Å². The van der Waals surface area contributed by atoms with Crippen molar-refractivity contribution < 1.29 is 56.7 Å². The summed E-state index contributed by atoms with van der Waals surface area (Å²) in [6.07, 6.45) is -1.93. The average Bonchev–Trinajstić information content (AvgIpc) is 4.02. The van der Waals surface area contributed by atoms with Gasteiger partial charge in [0.15, 0.2) is 27.8 Å². The van der Waals surface area contributed by atoms with Crippen LogP contribution in [0, 0.1) is 15.5 Å². The predicted molar refractivity (Wildman–Crippen MR) is 287 cm³/mol. The molecule has 0 bridgehead atoms. The quantitative estimate of drug-likeness (QED) is 0.0199. The third-order valence-corrected chi connectivity index (χ3v) is 15.7.